The number of nitrogens with zero attached hydrogens (tertiary/aromatic N) is 1. The first kappa shape index (κ1) is 21.7. The van der Waals surface area contributed by atoms with Crippen LogP contribution in [0.25, 0.3) is 0 Å². The highest BCUT2D eigenvalue weighted by Crippen LogP contribution is 2.42. The first-order valence-electron chi connectivity index (χ1n) is 10.1. The molecule has 2 N–H and O–H groups in total. The van der Waals surface area contributed by atoms with E-state index < -0.39 is 11.8 Å². The van der Waals surface area contributed by atoms with Crippen molar-refractivity contribution < 1.29 is 18.7 Å². The number of anilines is 3. The Morgan fingerprint density at radius 2 is 1.81 bits per heavy atom. The first-order chi connectivity index (χ1) is 15.5. The van der Waals surface area contributed by atoms with Gasteiger partial charge in [-0.25, -0.2) is 9.18 Å². The van der Waals surface area contributed by atoms with Crippen LogP contribution in [0.1, 0.15) is 17.9 Å². The standard InChI is InChI=1S/C24H22FN3O3S/c1-2-31-19-12-10-17(11-13-19)26-24(30)27-18-7-5-6-16(14-18)23-28(22(29)15-32-23)21-9-4-3-8-20(21)25/h3-14,23H,2,15H2,1H3,(H2,26,27,30). The fourth-order valence-electron chi connectivity index (χ4n) is 3.44. The number of amides is 3. The molecule has 0 bridgehead atoms. The van der Waals surface area contributed by atoms with Crippen LogP contribution in [-0.4, -0.2) is 24.3 Å². The van der Waals surface area contributed by atoms with Gasteiger partial charge < -0.3 is 15.4 Å². The summed E-state index contributed by atoms with van der Waals surface area (Å²) in [6.07, 6.45) is 0. The average Bonchev–Trinajstić information content (AvgIpc) is 3.17. The number of hydrogen-bond donors (Lipinski definition) is 2. The van der Waals surface area contributed by atoms with E-state index in [1.165, 1.54) is 22.7 Å². The third-order valence-electron chi connectivity index (χ3n) is 4.83. The molecule has 32 heavy (non-hydrogen) atoms. The molecule has 0 aliphatic carbocycles. The molecule has 1 aliphatic heterocycles. The second-order valence-corrected chi connectivity index (χ2v) is 8.11. The molecule has 6 nitrogen and oxygen atoms in total. The smallest absolute Gasteiger partial charge is 0.323 e. The highest BCUT2D eigenvalue weighted by Gasteiger charge is 2.35. The molecule has 1 atom stereocenters. The molecule has 0 spiro atoms. The van der Waals surface area contributed by atoms with Gasteiger partial charge in [-0.15, -0.1) is 11.8 Å². The van der Waals surface area contributed by atoms with Gasteiger partial charge in [0.15, 0.2) is 0 Å². The van der Waals surface area contributed by atoms with Crippen molar-refractivity contribution in [3.63, 3.8) is 0 Å². The van der Waals surface area contributed by atoms with Gasteiger partial charge in [0.2, 0.25) is 5.91 Å². The van der Waals surface area contributed by atoms with Gasteiger partial charge in [0, 0.05) is 11.4 Å². The van der Waals surface area contributed by atoms with E-state index in [2.05, 4.69) is 10.6 Å². The molecule has 3 amide bonds. The second kappa shape index (κ2) is 9.74. The third-order valence-corrected chi connectivity index (χ3v) is 6.05. The lowest BCUT2D eigenvalue weighted by Crippen LogP contribution is -2.28. The Balaban J connectivity index is 1.47. The zero-order valence-corrected chi connectivity index (χ0v) is 18.2. The van der Waals surface area contributed by atoms with E-state index >= 15 is 0 Å². The molecule has 0 aromatic heterocycles. The van der Waals surface area contributed by atoms with Gasteiger partial charge >= 0.3 is 6.03 Å². The molecule has 1 fully saturated rings. The van der Waals surface area contributed by atoms with Crippen LogP contribution in [0.15, 0.2) is 72.8 Å². The maximum absolute atomic E-state index is 14.4. The lowest BCUT2D eigenvalue weighted by atomic mass is 10.1. The molecule has 1 aliphatic rings. The number of halogens is 1. The Kier molecular flexibility index (Phi) is 6.61. The molecular formula is C24H22FN3O3S. The number of nitrogens with one attached hydrogen (secondary N) is 2. The van der Waals surface area contributed by atoms with Gasteiger partial charge in [-0.1, -0.05) is 24.3 Å². The predicted molar refractivity (Wildman–Crippen MR) is 126 cm³/mol. The SMILES string of the molecule is CCOc1ccc(NC(=O)Nc2cccc(C3SCC(=O)N3c3ccccc3F)c2)cc1. The molecule has 0 radical (unpaired) electrons. The highest BCUT2D eigenvalue weighted by atomic mass is 32.2. The number of urea groups is 1. The van der Waals surface area contributed by atoms with Crippen molar-refractivity contribution >= 4 is 40.8 Å². The highest BCUT2D eigenvalue weighted by molar-refractivity contribution is 8.00. The Morgan fingerprint density at radius 1 is 1.06 bits per heavy atom. The summed E-state index contributed by atoms with van der Waals surface area (Å²) in [6.45, 7) is 2.48. The maximum Gasteiger partial charge on any atom is 0.323 e. The number of hydrogen-bond acceptors (Lipinski definition) is 4. The average molecular weight is 452 g/mol. The van der Waals surface area contributed by atoms with E-state index in [0.29, 0.717) is 18.0 Å². The summed E-state index contributed by atoms with van der Waals surface area (Å²) in [7, 11) is 0. The number of benzene rings is 3. The molecule has 3 aromatic carbocycles. The summed E-state index contributed by atoms with van der Waals surface area (Å²) in [5.41, 5.74) is 2.24. The number of thioether (sulfide) groups is 1. The van der Waals surface area contributed by atoms with E-state index in [0.717, 1.165) is 11.3 Å². The molecule has 164 valence electrons. The van der Waals surface area contributed by atoms with Crippen LogP contribution >= 0.6 is 11.8 Å². The number of carbonyl (C=O) groups excluding carboxylic acids is 2. The number of carbonyl (C=O) groups is 2. The number of para-hydroxylation sites is 1. The second-order valence-electron chi connectivity index (χ2n) is 7.04. The quantitative estimate of drug-likeness (QED) is 0.508. The van der Waals surface area contributed by atoms with E-state index in [-0.39, 0.29) is 22.7 Å². The molecule has 1 heterocycles. The van der Waals surface area contributed by atoms with Crippen molar-refractivity contribution in [3.8, 4) is 5.75 Å². The zero-order chi connectivity index (χ0) is 22.5. The van der Waals surface area contributed by atoms with Crippen LogP contribution in [-0.2, 0) is 4.79 Å². The van der Waals surface area contributed by atoms with Crippen molar-refractivity contribution in [3.05, 3.63) is 84.2 Å². The van der Waals surface area contributed by atoms with Crippen molar-refractivity contribution in [1.29, 1.82) is 0 Å². The molecular weight excluding hydrogens is 429 g/mol. The Labute approximate surface area is 189 Å². The molecule has 3 aromatic rings. The Bertz CT molecular complexity index is 1120. The van der Waals surface area contributed by atoms with Crippen LogP contribution in [0, 0.1) is 5.82 Å². The van der Waals surface area contributed by atoms with Crippen LogP contribution in [0.3, 0.4) is 0 Å². The minimum atomic E-state index is -0.447. The van der Waals surface area contributed by atoms with Crippen molar-refractivity contribution in [2.75, 3.05) is 27.9 Å². The number of rotatable bonds is 6. The first-order valence-corrected chi connectivity index (χ1v) is 11.2. The minimum Gasteiger partial charge on any atom is -0.494 e. The summed E-state index contributed by atoms with van der Waals surface area (Å²) in [6, 6.07) is 20.1. The molecule has 1 saturated heterocycles. The van der Waals surface area contributed by atoms with Gasteiger partial charge in [0.1, 0.15) is 16.9 Å². The van der Waals surface area contributed by atoms with Gasteiger partial charge in [0.05, 0.1) is 18.0 Å². The van der Waals surface area contributed by atoms with Gasteiger partial charge in [-0.3, -0.25) is 9.69 Å². The van der Waals surface area contributed by atoms with Crippen LogP contribution < -0.4 is 20.3 Å². The van der Waals surface area contributed by atoms with Crippen LogP contribution in [0.5, 0.6) is 5.75 Å². The lowest BCUT2D eigenvalue weighted by molar-refractivity contribution is -0.115. The van der Waals surface area contributed by atoms with Crippen LogP contribution in [0.2, 0.25) is 0 Å². The number of ether oxygens (including phenoxy) is 1. The van der Waals surface area contributed by atoms with Crippen molar-refractivity contribution in [1.82, 2.24) is 0 Å². The molecule has 1 unspecified atom stereocenters. The summed E-state index contributed by atoms with van der Waals surface area (Å²) >= 11 is 1.42. The zero-order valence-electron chi connectivity index (χ0n) is 17.4. The molecule has 4 rings (SSSR count). The van der Waals surface area contributed by atoms with Gasteiger partial charge in [0.25, 0.3) is 0 Å². The maximum atomic E-state index is 14.4. The third kappa shape index (κ3) is 4.86. The van der Waals surface area contributed by atoms with Gasteiger partial charge in [-0.05, 0) is 61.0 Å². The summed E-state index contributed by atoms with van der Waals surface area (Å²) < 4.78 is 19.8. The summed E-state index contributed by atoms with van der Waals surface area (Å²) in [4.78, 5) is 26.4. The van der Waals surface area contributed by atoms with Gasteiger partial charge in [-0.2, -0.15) is 0 Å². The van der Waals surface area contributed by atoms with E-state index in [9.17, 15) is 14.0 Å². The Morgan fingerprint density at radius 3 is 2.56 bits per heavy atom. The molecule has 8 heteroatoms. The monoisotopic (exact) mass is 451 g/mol. The topological polar surface area (TPSA) is 70.7 Å². The minimum absolute atomic E-state index is 0.156. The molecule has 0 saturated carbocycles. The fraction of sp³-hybridized carbons (Fsp3) is 0.167. The predicted octanol–water partition coefficient (Wildman–Crippen LogP) is 5.65. The summed E-state index contributed by atoms with van der Waals surface area (Å²) in [5, 5.41) is 5.20. The van der Waals surface area contributed by atoms with E-state index in [1.807, 2.05) is 13.0 Å². The normalized spacial score (nSPS) is 15.5. The van der Waals surface area contributed by atoms with E-state index in [4.69, 9.17) is 4.74 Å². The van der Waals surface area contributed by atoms with E-state index in [1.54, 1.807) is 60.7 Å². The lowest BCUT2D eigenvalue weighted by Gasteiger charge is -2.25. The largest absolute Gasteiger partial charge is 0.494 e. The van der Waals surface area contributed by atoms with Crippen molar-refractivity contribution in [2.24, 2.45) is 0 Å². The fourth-order valence-corrected chi connectivity index (χ4v) is 4.60. The summed E-state index contributed by atoms with van der Waals surface area (Å²) in [5.74, 6) is 0.387. The Hall–Kier alpha value is -3.52. The van der Waals surface area contributed by atoms with Crippen LogP contribution in [0.4, 0.5) is 26.2 Å². The van der Waals surface area contributed by atoms with Crippen molar-refractivity contribution in [2.45, 2.75) is 12.3 Å².